The number of aromatic nitrogens is 3. The van der Waals surface area contributed by atoms with Crippen molar-refractivity contribution in [1.82, 2.24) is 14.9 Å². The Balaban J connectivity index is 1.74. The predicted molar refractivity (Wildman–Crippen MR) is 85.1 cm³/mol. The minimum absolute atomic E-state index is 0.856. The van der Waals surface area contributed by atoms with Crippen molar-refractivity contribution in [2.24, 2.45) is 5.10 Å². The van der Waals surface area contributed by atoms with Gasteiger partial charge in [-0.1, -0.05) is 30.8 Å². The fourth-order valence-electron chi connectivity index (χ4n) is 3.04. The Bertz CT molecular complexity index is 717. The molecule has 0 fully saturated rings. The first-order chi connectivity index (χ1) is 10.3. The van der Waals surface area contributed by atoms with E-state index in [4.69, 9.17) is 5.10 Å². The molecule has 4 nitrogen and oxygen atoms in total. The molecule has 1 aliphatic carbocycles. The lowest BCUT2D eigenvalue weighted by Crippen LogP contribution is -2.15. The lowest BCUT2D eigenvalue weighted by molar-refractivity contribution is 0.685. The molecule has 0 saturated carbocycles. The van der Waals surface area contributed by atoms with Crippen molar-refractivity contribution in [2.45, 2.75) is 44.2 Å². The van der Waals surface area contributed by atoms with Gasteiger partial charge >= 0.3 is 0 Å². The number of hydrogen-bond donors (Lipinski definition) is 0. The quantitative estimate of drug-likeness (QED) is 0.855. The van der Waals surface area contributed by atoms with Crippen LogP contribution in [0.15, 0.2) is 28.5 Å². The number of thioether (sulfide) groups is 1. The maximum Gasteiger partial charge on any atom is 0.212 e. The van der Waals surface area contributed by atoms with Gasteiger partial charge in [0.2, 0.25) is 5.16 Å². The summed E-state index contributed by atoms with van der Waals surface area (Å²) in [5.41, 5.74) is 5.42. The molecule has 1 aromatic carbocycles. The van der Waals surface area contributed by atoms with Crippen LogP contribution in [-0.4, -0.2) is 26.3 Å². The summed E-state index contributed by atoms with van der Waals surface area (Å²) in [5.74, 6) is 1.81. The van der Waals surface area contributed by atoms with Crippen LogP contribution in [0.25, 0.3) is 0 Å². The molecule has 0 radical (unpaired) electrons. The van der Waals surface area contributed by atoms with Gasteiger partial charge in [-0.2, -0.15) is 9.78 Å². The fourth-order valence-corrected chi connectivity index (χ4v) is 3.90. The lowest BCUT2D eigenvalue weighted by atomic mass is 9.90. The van der Waals surface area contributed by atoms with Crippen molar-refractivity contribution in [2.75, 3.05) is 5.75 Å². The molecule has 4 rings (SSSR count). The third-order valence-electron chi connectivity index (χ3n) is 4.23. The first-order valence-corrected chi connectivity index (χ1v) is 8.61. The molecule has 0 bridgehead atoms. The van der Waals surface area contributed by atoms with Gasteiger partial charge in [0.15, 0.2) is 5.82 Å². The maximum absolute atomic E-state index is 4.78. The highest BCUT2D eigenvalue weighted by Gasteiger charge is 2.20. The summed E-state index contributed by atoms with van der Waals surface area (Å²) in [6.07, 6.45) is 5.93. The Morgan fingerprint density at radius 3 is 2.86 bits per heavy atom. The highest BCUT2D eigenvalue weighted by Crippen LogP contribution is 2.27. The molecule has 0 amide bonds. The van der Waals surface area contributed by atoms with E-state index < -0.39 is 0 Å². The minimum Gasteiger partial charge on any atom is -0.191 e. The van der Waals surface area contributed by atoms with E-state index in [1.807, 2.05) is 4.68 Å². The SMILES string of the molecule is CCc1nnc2n1N=C(c1ccc3c(c1)CCCC3)CS2. The van der Waals surface area contributed by atoms with Gasteiger partial charge in [0.05, 0.1) is 5.71 Å². The van der Waals surface area contributed by atoms with Crippen LogP contribution in [0.2, 0.25) is 0 Å². The molecule has 5 heteroatoms. The van der Waals surface area contributed by atoms with Gasteiger partial charge in [-0.05, 0) is 48.4 Å². The average molecular weight is 298 g/mol. The minimum atomic E-state index is 0.856. The van der Waals surface area contributed by atoms with Crippen molar-refractivity contribution in [3.63, 3.8) is 0 Å². The molecule has 0 spiro atoms. The van der Waals surface area contributed by atoms with Gasteiger partial charge in [0.1, 0.15) is 0 Å². The number of hydrogen-bond acceptors (Lipinski definition) is 4. The summed E-state index contributed by atoms with van der Waals surface area (Å²) in [6.45, 7) is 2.09. The molecule has 2 aromatic rings. The molecule has 108 valence electrons. The zero-order chi connectivity index (χ0) is 14.2. The number of nitrogens with zero attached hydrogens (tertiary/aromatic N) is 4. The van der Waals surface area contributed by atoms with Gasteiger partial charge in [-0.3, -0.25) is 0 Å². The van der Waals surface area contributed by atoms with Crippen LogP contribution in [-0.2, 0) is 19.3 Å². The van der Waals surface area contributed by atoms with E-state index in [1.165, 1.54) is 42.4 Å². The van der Waals surface area contributed by atoms with E-state index in [2.05, 4.69) is 35.3 Å². The van der Waals surface area contributed by atoms with Crippen LogP contribution in [0, 0.1) is 0 Å². The van der Waals surface area contributed by atoms with Crippen LogP contribution >= 0.6 is 11.8 Å². The standard InChI is InChI=1S/C16H18N4S/c1-2-15-17-18-16-20(15)19-14(10-21-16)13-8-7-11-5-3-4-6-12(11)9-13/h7-9H,2-6,10H2,1H3. The van der Waals surface area contributed by atoms with Gasteiger partial charge in [-0.15, -0.1) is 10.2 Å². The largest absolute Gasteiger partial charge is 0.212 e. The Kier molecular flexibility index (Phi) is 3.30. The van der Waals surface area contributed by atoms with Crippen molar-refractivity contribution in [1.29, 1.82) is 0 Å². The number of rotatable bonds is 2. The molecular formula is C16H18N4S. The smallest absolute Gasteiger partial charge is 0.191 e. The summed E-state index contributed by atoms with van der Waals surface area (Å²) in [7, 11) is 0. The highest BCUT2D eigenvalue weighted by molar-refractivity contribution is 7.99. The number of aryl methyl sites for hydroxylation is 3. The van der Waals surface area contributed by atoms with Gasteiger partial charge < -0.3 is 0 Å². The van der Waals surface area contributed by atoms with E-state index in [1.54, 1.807) is 11.8 Å². The third-order valence-corrected chi connectivity index (χ3v) is 5.16. The van der Waals surface area contributed by atoms with Crippen LogP contribution in [0.3, 0.4) is 0 Å². The summed E-state index contributed by atoms with van der Waals surface area (Å²) in [6, 6.07) is 6.86. The molecule has 0 atom stereocenters. The first-order valence-electron chi connectivity index (χ1n) is 7.62. The summed E-state index contributed by atoms with van der Waals surface area (Å²) < 4.78 is 1.91. The molecule has 1 aliphatic heterocycles. The first kappa shape index (κ1) is 13.1. The Morgan fingerprint density at radius 2 is 2.00 bits per heavy atom. The van der Waals surface area contributed by atoms with E-state index in [0.717, 1.165) is 28.9 Å². The summed E-state index contributed by atoms with van der Waals surface area (Å²) >= 11 is 1.72. The normalized spacial score (nSPS) is 17.1. The molecular weight excluding hydrogens is 280 g/mol. The molecule has 0 saturated heterocycles. The van der Waals surface area contributed by atoms with E-state index in [0.29, 0.717) is 0 Å². The van der Waals surface area contributed by atoms with Crippen molar-refractivity contribution >= 4 is 17.5 Å². The molecule has 0 N–H and O–H groups in total. The monoisotopic (exact) mass is 298 g/mol. The summed E-state index contributed by atoms with van der Waals surface area (Å²) in [5, 5.41) is 14.1. The fraction of sp³-hybridized carbons (Fsp3) is 0.438. The van der Waals surface area contributed by atoms with Crippen LogP contribution in [0.1, 0.15) is 42.3 Å². The van der Waals surface area contributed by atoms with E-state index in [-0.39, 0.29) is 0 Å². The third kappa shape index (κ3) is 2.29. The van der Waals surface area contributed by atoms with Gasteiger partial charge in [0, 0.05) is 12.2 Å². The second-order valence-corrected chi connectivity index (χ2v) is 6.53. The zero-order valence-corrected chi connectivity index (χ0v) is 13.0. The van der Waals surface area contributed by atoms with E-state index >= 15 is 0 Å². The second-order valence-electron chi connectivity index (χ2n) is 5.59. The predicted octanol–water partition coefficient (Wildman–Crippen LogP) is 3.08. The van der Waals surface area contributed by atoms with Crippen LogP contribution < -0.4 is 0 Å². The van der Waals surface area contributed by atoms with Crippen molar-refractivity contribution < 1.29 is 0 Å². The lowest BCUT2D eigenvalue weighted by Gasteiger charge is -2.18. The van der Waals surface area contributed by atoms with Crippen molar-refractivity contribution in [3.05, 3.63) is 40.7 Å². The molecule has 0 unspecified atom stereocenters. The highest BCUT2D eigenvalue weighted by atomic mass is 32.2. The Labute approximate surface area is 128 Å². The number of benzene rings is 1. The molecule has 2 heterocycles. The molecule has 21 heavy (non-hydrogen) atoms. The maximum atomic E-state index is 4.78. The van der Waals surface area contributed by atoms with E-state index in [9.17, 15) is 0 Å². The van der Waals surface area contributed by atoms with Crippen molar-refractivity contribution in [3.8, 4) is 0 Å². The average Bonchev–Trinajstić information content (AvgIpc) is 2.96. The molecule has 1 aromatic heterocycles. The number of fused-ring (bicyclic) bond motifs is 2. The second kappa shape index (κ2) is 5.30. The zero-order valence-electron chi connectivity index (χ0n) is 12.2. The molecule has 2 aliphatic rings. The Hall–Kier alpha value is -1.62. The topological polar surface area (TPSA) is 43.1 Å². The van der Waals surface area contributed by atoms with Gasteiger partial charge in [0.25, 0.3) is 0 Å². The van der Waals surface area contributed by atoms with Gasteiger partial charge in [-0.25, -0.2) is 0 Å². The van der Waals surface area contributed by atoms with Crippen LogP contribution in [0.5, 0.6) is 0 Å². The Morgan fingerprint density at radius 1 is 1.14 bits per heavy atom. The van der Waals surface area contributed by atoms with Crippen LogP contribution in [0.4, 0.5) is 0 Å². The summed E-state index contributed by atoms with van der Waals surface area (Å²) in [4.78, 5) is 0.